The van der Waals surface area contributed by atoms with Crippen LogP contribution in [0.4, 0.5) is 0 Å². The van der Waals surface area contributed by atoms with E-state index in [2.05, 4.69) is 10.7 Å². The van der Waals surface area contributed by atoms with E-state index in [0.29, 0.717) is 11.3 Å². The van der Waals surface area contributed by atoms with Gasteiger partial charge < -0.3 is 19.0 Å². The quantitative estimate of drug-likeness (QED) is 0.593. The number of nitrogens with zero attached hydrogens (tertiary/aromatic N) is 1. The standard InChI is InChI=1S/C17H17NO6/c1-5-10-23-12-9-7-6-8-11(12)14-13(16(19)21-3)15(17(20)22-4)24-18(14)2/h1,6-9,14H,10H2,2-4H3. The summed E-state index contributed by atoms with van der Waals surface area (Å²) >= 11 is 0. The molecule has 7 heteroatoms. The van der Waals surface area contributed by atoms with Crippen molar-refractivity contribution in [2.45, 2.75) is 6.04 Å². The van der Waals surface area contributed by atoms with Gasteiger partial charge in [-0.15, -0.1) is 11.5 Å². The number of esters is 2. The summed E-state index contributed by atoms with van der Waals surface area (Å²) in [7, 11) is 4.01. The van der Waals surface area contributed by atoms with Crippen molar-refractivity contribution in [2.75, 3.05) is 27.9 Å². The van der Waals surface area contributed by atoms with Crippen LogP contribution < -0.4 is 4.74 Å². The molecule has 24 heavy (non-hydrogen) atoms. The lowest BCUT2D eigenvalue weighted by molar-refractivity contribution is -0.152. The third-order valence-corrected chi connectivity index (χ3v) is 3.42. The normalized spacial score (nSPS) is 17.0. The minimum absolute atomic E-state index is 0.0311. The Morgan fingerprint density at radius 1 is 1.25 bits per heavy atom. The molecule has 126 valence electrons. The second-order valence-corrected chi connectivity index (χ2v) is 4.80. The zero-order valence-electron chi connectivity index (χ0n) is 13.6. The fourth-order valence-electron chi connectivity index (χ4n) is 2.41. The minimum atomic E-state index is -0.772. The predicted octanol–water partition coefficient (Wildman–Crippen LogP) is 1.22. The van der Waals surface area contributed by atoms with E-state index in [1.165, 1.54) is 19.3 Å². The van der Waals surface area contributed by atoms with Crippen LogP contribution in [0, 0.1) is 12.3 Å². The highest BCUT2D eigenvalue weighted by atomic mass is 16.7. The van der Waals surface area contributed by atoms with E-state index in [1.807, 2.05) is 0 Å². The number of hydrogen-bond donors (Lipinski definition) is 0. The monoisotopic (exact) mass is 331 g/mol. The molecule has 2 rings (SSSR count). The molecule has 1 aliphatic rings. The Labute approximate surface area is 139 Å². The number of para-hydroxylation sites is 1. The van der Waals surface area contributed by atoms with Crippen LogP contribution in [0.3, 0.4) is 0 Å². The van der Waals surface area contributed by atoms with Crippen molar-refractivity contribution in [1.82, 2.24) is 5.06 Å². The van der Waals surface area contributed by atoms with Gasteiger partial charge in [0.15, 0.2) is 0 Å². The van der Waals surface area contributed by atoms with Gasteiger partial charge in [-0.1, -0.05) is 24.1 Å². The Kier molecular flexibility index (Phi) is 5.45. The van der Waals surface area contributed by atoms with Crippen LogP contribution in [-0.4, -0.2) is 44.9 Å². The molecule has 1 aromatic carbocycles. The summed E-state index contributed by atoms with van der Waals surface area (Å²) in [5.74, 6) is 1.17. The number of methoxy groups -OCH3 is 2. The average molecular weight is 331 g/mol. The maximum Gasteiger partial charge on any atom is 0.376 e. The Balaban J connectivity index is 2.55. The molecular weight excluding hydrogens is 314 g/mol. The number of hydroxylamine groups is 2. The maximum absolute atomic E-state index is 12.2. The summed E-state index contributed by atoms with van der Waals surface area (Å²) in [4.78, 5) is 29.6. The molecule has 0 spiro atoms. The zero-order chi connectivity index (χ0) is 17.7. The van der Waals surface area contributed by atoms with Gasteiger partial charge >= 0.3 is 11.9 Å². The summed E-state index contributed by atoms with van der Waals surface area (Å²) in [6, 6.07) is 6.30. The van der Waals surface area contributed by atoms with Crippen LogP contribution in [0.15, 0.2) is 35.6 Å². The van der Waals surface area contributed by atoms with E-state index >= 15 is 0 Å². The maximum atomic E-state index is 12.2. The largest absolute Gasteiger partial charge is 0.481 e. The molecule has 0 bridgehead atoms. The number of ether oxygens (including phenoxy) is 3. The van der Waals surface area contributed by atoms with Crippen molar-refractivity contribution in [3.63, 3.8) is 0 Å². The van der Waals surface area contributed by atoms with Crippen molar-refractivity contribution in [3.05, 3.63) is 41.2 Å². The molecule has 1 aromatic rings. The van der Waals surface area contributed by atoms with Gasteiger partial charge in [-0.25, -0.2) is 9.59 Å². The molecule has 0 fully saturated rings. The first-order chi connectivity index (χ1) is 11.5. The van der Waals surface area contributed by atoms with Gasteiger partial charge in [0.2, 0.25) is 5.76 Å². The minimum Gasteiger partial charge on any atom is -0.481 e. The Morgan fingerprint density at radius 3 is 2.54 bits per heavy atom. The van der Waals surface area contributed by atoms with Crippen molar-refractivity contribution < 1.29 is 28.6 Å². The number of likely N-dealkylation sites (N-methyl/N-ethyl adjacent to an activating group) is 1. The fraction of sp³-hybridized carbons (Fsp3) is 0.294. The van der Waals surface area contributed by atoms with E-state index in [9.17, 15) is 9.59 Å². The van der Waals surface area contributed by atoms with Crippen LogP contribution in [-0.2, 0) is 23.9 Å². The van der Waals surface area contributed by atoms with Crippen molar-refractivity contribution >= 4 is 11.9 Å². The van der Waals surface area contributed by atoms with Crippen LogP contribution in [0.25, 0.3) is 0 Å². The van der Waals surface area contributed by atoms with Gasteiger partial charge in [0.25, 0.3) is 0 Å². The summed E-state index contributed by atoms with van der Waals surface area (Å²) < 4.78 is 15.0. The van der Waals surface area contributed by atoms with Gasteiger partial charge in [-0.3, -0.25) is 0 Å². The van der Waals surface area contributed by atoms with Crippen LogP contribution in [0.1, 0.15) is 11.6 Å². The first-order valence-corrected chi connectivity index (χ1v) is 7.01. The Morgan fingerprint density at radius 2 is 1.92 bits per heavy atom. The van der Waals surface area contributed by atoms with Gasteiger partial charge in [0.1, 0.15) is 24.0 Å². The van der Waals surface area contributed by atoms with E-state index < -0.39 is 18.0 Å². The van der Waals surface area contributed by atoms with Crippen molar-refractivity contribution in [3.8, 4) is 18.1 Å². The molecule has 1 atom stereocenters. The van der Waals surface area contributed by atoms with Gasteiger partial charge in [-0.2, -0.15) is 0 Å². The van der Waals surface area contributed by atoms with E-state index in [0.717, 1.165) is 0 Å². The molecule has 7 nitrogen and oxygen atoms in total. The predicted molar refractivity (Wildman–Crippen MR) is 83.4 cm³/mol. The molecule has 1 unspecified atom stereocenters. The highest BCUT2D eigenvalue weighted by Crippen LogP contribution is 2.41. The van der Waals surface area contributed by atoms with Crippen LogP contribution in [0.5, 0.6) is 5.75 Å². The second kappa shape index (κ2) is 7.53. The highest BCUT2D eigenvalue weighted by molar-refractivity contribution is 6.00. The first-order valence-electron chi connectivity index (χ1n) is 7.01. The van der Waals surface area contributed by atoms with Crippen molar-refractivity contribution in [2.24, 2.45) is 0 Å². The number of rotatable bonds is 5. The molecule has 1 heterocycles. The van der Waals surface area contributed by atoms with Crippen LogP contribution in [0.2, 0.25) is 0 Å². The van der Waals surface area contributed by atoms with Crippen LogP contribution >= 0.6 is 0 Å². The fourth-order valence-corrected chi connectivity index (χ4v) is 2.41. The second-order valence-electron chi connectivity index (χ2n) is 4.80. The van der Waals surface area contributed by atoms with E-state index in [4.69, 9.17) is 20.7 Å². The molecular formula is C17H17NO6. The van der Waals surface area contributed by atoms with E-state index in [-0.39, 0.29) is 17.9 Å². The number of carbonyl (C=O) groups excluding carboxylic acids is 2. The lowest BCUT2D eigenvalue weighted by atomic mass is 9.97. The molecule has 0 aromatic heterocycles. The molecule has 0 saturated heterocycles. The lowest BCUT2D eigenvalue weighted by Crippen LogP contribution is -2.23. The number of benzene rings is 1. The average Bonchev–Trinajstić information content (AvgIpc) is 2.95. The molecule has 0 amide bonds. The molecule has 0 saturated carbocycles. The number of terminal acetylenes is 1. The third kappa shape index (κ3) is 3.19. The van der Waals surface area contributed by atoms with Gasteiger partial charge in [-0.05, 0) is 6.07 Å². The summed E-state index contributed by atoms with van der Waals surface area (Å²) in [5.41, 5.74) is 0.637. The molecule has 0 N–H and O–H groups in total. The molecule has 0 radical (unpaired) electrons. The zero-order valence-corrected chi connectivity index (χ0v) is 13.6. The Hall–Kier alpha value is -2.98. The van der Waals surface area contributed by atoms with E-state index in [1.54, 1.807) is 31.3 Å². The van der Waals surface area contributed by atoms with Gasteiger partial charge in [0, 0.05) is 12.6 Å². The highest BCUT2D eigenvalue weighted by Gasteiger charge is 2.43. The topological polar surface area (TPSA) is 74.3 Å². The molecule has 0 aliphatic carbocycles. The van der Waals surface area contributed by atoms with Gasteiger partial charge in [0.05, 0.1) is 14.2 Å². The summed E-state index contributed by atoms with van der Waals surface area (Å²) in [5, 5.41) is 1.36. The van der Waals surface area contributed by atoms with Crippen molar-refractivity contribution in [1.29, 1.82) is 0 Å². The summed E-state index contributed by atoms with van der Waals surface area (Å²) in [6.07, 6.45) is 5.23. The Bertz CT molecular complexity index is 718. The lowest BCUT2D eigenvalue weighted by Gasteiger charge is -2.22. The number of carbonyl (C=O) groups is 2. The molecule has 1 aliphatic heterocycles. The SMILES string of the molecule is C#CCOc1ccccc1C1C(C(=O)OC)=C(C(=O)OC)ON1C. The smallest absolute Gasteiger partial charge is 0.376 e. The number of hydrogen-bond acceptors (Lipinski definition) is 7. The third-order valence-electron chi connectivity index (χ3n) is 3.42. The summed E-state index contributed by atoms with van der Waals surface area (Å²) in [6.45, 7) is 0.0649. The first kappa shape index (κ1) is 17.4.